The molecule has 4 rings (SSSR count). The van der Waals surface area contributed by atoms with Crippen molar-refractivity contribution in [3.05, 3.63) is 47.6 Å². The monoisotopic (exact) mass is 389 g/mol. The van der Waals surface area contributed by atoms with Gasteiger partial charge in [0.05, 0.1) is 6.04 Å². The Hall–Kier alpha value is -2.38. The molecule has 0 bridgehead atoms. The molecule has 0 radical (unpaired) electrons. The van der Waals surface area contributed by atoms with E-state index in [-0.39, 0.29) is 18.3 Å². The van der Waals surface area contributed by atoms with Crippen molar-refractivity contribution >= 4 is 29.4 Å². The summed E-state index contributed by atoms with van der Waals surface area (Å²) < 4.78 is 7.62. The van der Waals surface area contributed by atoms with Crippen LogP contribution in [0.1, 0.15) is 40.8 Å². The minimum absolute atomic E-state index is 0. The number of aryl methyl sites for hydroxylation is 1. The number of para-hydroxylation sites is 1. The van der Waals surface area contributed by atoms with E-state index >= 15 is 0 Å². The smallest absolute Gasteiger partial charge is 0.271 e. The van der Waals surface area contributed by atoms with Gasteiger partial charge in [0.2, 0.25) is 0 Å². The molecule has 1 atom stereocenters. The van der Waals surface area contributed by atoms with E-state index in [2.05, 4.69) is 20.7 Å². The molecular weight excluding hydrogens is 366 g/mol. The number of oxazole rings is 1. The highest BCUT2D eigenvalue weighted by Gasteiger charge is 2.17. The van der Waals surface area contributed by atoms with Crippen molar-refractivity contribution in [1.29, 1.82) is 0 Å². The number of carbonyl (C=O) groups excluding carboxylic acids is 1. The van der Waals surface area contributed by atoms with Gasteiger partial charge < -0.3 is 15.1 Å². The Bertz CT molecular complexity index is 914. The Labute approximate surface area is 163 Å². The number of benzene rings is 1. The van der Waals surface area contributed by atoms with Crippen LogP contribution in [-0.4, -0.2) is 40.3 Å². The van der Waals surface area contributed by atoms with E-state index in [4.69, 9.17) is 4.42 Å². The van der Waals surface area contributed by atoms with E-state index in [9.17, 15) is 4.79 Å². The van der Waals surface area contributed by atoms with Crippen molar-refractivity contribution in [3.63, 3.8) is 0 Å². The Morgan fingerprint density at radius 1 is 1.41 bits per heavy atom. The van der Waals surface area contributed by atoms with E-state index in [0.29, 0.717) is 30.6 Å². The molecule has 2 aromatic heterocycles. The molecule has 1 saturated heterocycles. The van der Waals surface area contributed by atoms with Gasteiger partial charge in [-0.2, -0.15) is 5.10 Å². The summed E-state index contributed by atoms with van der Waals surface area (Å²) in [5, 5.41) is 10.7. The van der Waals surface area contributed by atoms with Crippen LogP contribution < -0.4 is 10.6 Å². The molecule has 0 spiro atoms. The third-order valence-electron chi connectivity index (χ3n) is 4.78. The van der Waals surface area contributed by atoms with Crippen LogP contribution in [-0.2, 0) is 6.42 Å². The molecule has 0 aliphatic carbocycles. The lowest BCUT2D eigenvalue weighted by Crippen LogP contribution is -2.32. The molecular formula is C19H24ClN5O2. The van der Waals surface area contributed by atoms with Gasteiger partial charge in [-0.15, -0.1) is 12.4 Å². The average molecular weight is 390 g/mol. The molecule has 3 aromatic rings. The fourth-order valence-electron chi connectivity index (χ4n) is 3.33. The van der Waals surface area contributed by atoms with Gasteiger partial charge in [0.25, 0.3) is 5.91 Å². The van der Waals surface area contributed by atoms with E-state index < -0.39 is 0 Å². The zero-order valence-electron chi connectivity index (χ0n) is 15.3. The highest BCUT2D eigenvalue weighted by molar-refractivity contribution is 5.92. The Morgan fingerprint density at radius 2 is 2.30 bits per heavy atom. The van der Waals surface area contributed by atoms with E-state index in [1.807, 2.05) is 36.0 Å². The summed E-state index contributed by atoms with van der Waals surface area (Å²) in [6.07, 6.45) is 4.66. The van der Waals surface area contributed by atoms with E-state index in [0.717, 1.165) is 42.6 Å². The summed E-state index contributed by atoms with van der Waals surface area (Å²) in [4.78, 5) is 16.8. The number of amides is 1. The molecule has 1 aromatic carbocycles. The first-order chi connectivity index (χ1) is 12.7. The maximum atomic E-state index is 12.3. The average Bonchev–Trinajstić information content (AvgIpc) is 3.30. The minimum Gasteiger partial charge on any atom is -0.441 e. The Balaban J connectivity index is 0.00000210. The van der Waals surface area contributed by atoms with Crippen molar-refractivity contribution in [1.82, 2.24) is 25.4 Å². The lowest BCUT2D eigenvalue weighted by Gasteiger charge is -2.22. The first-order valence-electron chi connectivity index (χ1n) is 9.10. The molecule has 3 heterocycles. The number of fused-ring (bicyclic) bond motifs is 1. The number of halogens is 1. The van der Waals surface area contributed by atoms with Gasteiger partial charge in [0, 0.05) is 25.7 Å². The molecule has 1 aliphatic rings. The first kappa shape index (κ1) is 19.4. The second-order valence-electron chi connectivity index (χ2n) is 6.72. The maximum Gasteiger partial charge on any atom is 0.271 e. The van der Waals surface area contributed by atoms with Gasteiger partial charge in [-0.1, -0.05) is 12.1 Å². The van der Waals surface area contributed by atoms with Crippen molar-refractivity contribution in [2.75, 3.05) is 19.6 Å². The topological polar surface area (TPSA) is 85.0 Å². The molecule has 27 heavy (non-hydrogen) atoms. The largest absolute Gasteiger partial charge is 0.441 e. The van der Waals surface area contributed by atoms with Crippen LogP contribution in [0.15, 0.2) is 34.9 Å². The summed E-state index contributed by atoms with van der Waals surface area (Å²) in [6, 6.07) is 7.96. The number of rotatable bonds is 5. The fraction of sp³-hybridized carbons (Fsp3) is 0.421. The Kier molecular flexibility index (Phi) is 6.13. The number of hydrogen-bond acceptors (Lipinski definition) is 5. The van der Waals surface area contributed by atoms with Crippen LogP contribution in [0.5, 0.6) is 0 Å². The van der Waals surface area contributed by atoms with Gasteiger partial charge in [0.1, 0.15) is 11.2 Å². The normalized spacial score (nSPS) is 16.9. The van der Waals surface area contributed by atoms with Crippen molar-refractivity contribution in [2.24, 2.45) is 0 Å². The van der Waals surface area contributed by atoms with Crippen LogP contribution in [0.25, 0.3) is 11.1 Å². The third-order valence-corrected chi connectivity index (χ3v) is 4.78. The molecule has 144 valence electrons. The standard InChI is InChI=1S/C19H23N5O2.ClH/c1-13-4-2-6-16-18(13)22-17(26-16)7-10-21-19(25)15-8-11-24(23-15)14-5-3-9-20-12-14;/h2,4,6,8,11,14,20H,3,5,7,9-10,12H2,1H3,(H,21,25);1H. The second-order valence-corrected chi connectivity index (χ2v) is 6.72. The van der Waals surface area contributed by atoms with Crippen molar-refractivity contribution in [2.45, 2.75) is 32.2 Å². The van der Waals surface area contributed by atoms with Gasteiger partial charge in [-0.05, 0) is 44.0 Å². The summed E-state index contributed by atoms with van der Waals surface area (Å²) in [7, 11) is 0. The van der Waals surface area contributed by atoms with E-state index in [1.165, 1.54) is 0 Å². The van der Waals surface area contributed by atoms with Gasteiger partial charge in [-0.25, -0.2) is 4.98 Å². The molecule has 0 saturated carbocycles. The molecule has 1 amide bonds. The SMILES string of the molecule is Cc1cccc2oc(CCNC(=O)c3ccn(C4CCCNC4)n3)nc12.Cl. The molecule has 7 nitrogen and oxygen atoms in total. The summed E-state index contributed by atoms with van der Waals surface area (Å²) in [5.74, 6) is 0.466. The second kappa shape index (κ2) is 8.54. The quantitative estimate of drug-likeness (QED) is 0.700. The number of carbonyl (C=O) groups is 1. The summed E-state index contributed by atoms with van der Waals surface area (Å²) in [5.41, 5.74) is 3.20. The van der Waals surface area contributed by atoms with Crippen molar-refractivity contribution in [3.8, 4) is 0 Å². The Morgan fingerprint density at radius 3 is 3.07 bits per heavy atom. The highest BCUT2D eigenvalue weighted by atomic mass is 35.5. The number of nitrogens with zero attached hydrogens (tertiary/aromatic N) is 3. The molecule has 1 fully saturated rings. The van der Waals surface area contributed by atoms with Gasteiger partial charge >= 0.3 is 0 Å². The number of piperidine rings is 1. The van der Waals surface area contributed by atoms with Gasteiger partial charge in [-0.3, -0.25) is 9.48 Å². The fourth-order valence-corrected chi connectivity index (χ4v) is 3.33. The van der Waals surface area contributed by atoms with Crippen LogP contribution in [0.3, 0.4) is 0 Å². The summed E-state index contributed by atoms with van der Waals surface area (Å²) in [6.45, 7) is 4.43. The molecule has 8 heteroatoms. The highest BCUT2D eigenvalue weighted by Crippen LogP contribution is 2.19. The van der Waals surface area contributed by atoms with Crippen LogP contribution in [0.4, 0.5) is 0 Å². The molecule has 1 unspecified atom stereocenters. The van der Waals surface area contributed by atoms with Crippen LogP contribution >= 0.6 is 12.4 Å². The predicted octanol–water partition coefficient (Wildman–Crippen LogP) is 2.65. The van der Waals surface area contributed by atoms with Crippen LogP contribution in [0, 0.1) is 6.92 Å². The maximum absolute atomic E-state index is 12.3. The summed E-state index contributed by atoms with van der Waals surface area (Å²) >= 11 is 0. The molecule has 2 N–H and O–H groups in total. The lowest BCUT2D eigenvalue weighted by atomic mass is 10.1. The lowest BCUT2D eigenvalue weighted by molar-refractivity contribution is 0.0947. The number of aromatic nitrogens is 3. The first-order valence-corrected chi connectivity index (χ1v) is 9.10. The van der Waals surface area contributed by atoms with Crippen molar-refractivity contribution < 1.29 is 9.21 Å². The van der Waals surface area contributed by atoms with E-state index in [1.54, 1.807) is 6.07 Å². The van der Waals surface area contributed by atoms with Crippen LogP contribution in [0.2, 0.25) is 0 Å². The molecule has 1 aliphatic heterocycles. The zero-order chi connectivity index (χ0) is 17.9. The minimum atomic E-state index is -0.167. The zero-order valence-corrected chi connectivity index (χ0v) is 16.1. The number of hydrogen-bond donors (Lipinski definition) is 2. The van der Waals surface area contributed by atoms with Gasteiger partial charge in [0.15, 0.2) is 11.5 Å². The third kappa shape index (κ3) is 4.31. The number of nitrogens with one attached hydrogen (secondary N) is 2. The predicted molar refractivity (Wildman–Crippen MR) is 105 cm³/mol.